The lowest BCUT2D eigenvalue weighted by molar-refractivity contribution is 0.0592. The molecule has 3 aromatic rings. The first-order chi connectivity index (χ1) is 13.6. The molecule has 1 N–H and O–H groups in total. The van der Waals surface area contributed by atoms with E-state index in [1.165, 1.54) is 15.3 Å². The number of hydrogen-bond acceptors (Lipinski definition) is 5. The third-order valence-electron chi connectivity index (χ3n) is 5.49. The fourth-order valence-corrected chi connectivity index (χ4v) is 4.96. The molecule has 1 atom stereocenters. The molecule has 0 saturated carbocycles. The van der Waals surface area contributed by atoms with Crippen LogP contribution < -0.4 is 4.74 Å². The van der Waals surface area contributed by atoms with Crippen molar-refractivity contribution in [1.82, 2.24) is 9.88 Å². The molecule has 0 amide bonds. The molecule has 2 aromatic carbocycles. The number of para-hydroxylation sites is 1. The molecule has 0 aliphatic carbocycles. The molecule has 28 heavy (non-hydrogen) atoms. The molecule has 1 aliphatic heterocycles. The number of aliphatic hydroxyl groups excluding tert-OH is 1. The molecular formula is C23H28N2O2S. The quantitative estimate of drug-likeness (QED) is 0.665. The summed E-state index contributed by atoms with van der Waals surface area (Å²) in [4.78, 5) is 7.18. The van der Waals surface area contributed by atoms with Gasteiger partial charge in [0.25, 0.3) is 0 Å². The van der Waals surface area contributed by atoms with Crippen LogP contribution in [0.4, 0.5) is 0 Å². The van der Waals surface area contributed by atoms with Crippen LogP contribution in [0.1, 0.15) is 34.9 Å². The number of thiazole rings is 1. The average molecular weight is 397 g/mol. The Morgan fingerprint density at radius 3 is 2.75 bits per heavy atom. The molecule has 1 aromatic heterocycles. The minimum Gasteiger partial charge on any atom is -0.491 e. The topological polar surface area (TPSA) is 45.6 Å². The molecule has 1 aliphatic rings. The van der Waals surface area contributed by atoms with E-state index < -0.39 is 6.10 Å². The van der Waals surface area contributed by atoms with E-state index in [1.54, 1.807) is 0 Å². The zero-order chi connectivity index (χ0) is 19.5. The largest absolute Gasteiger partial charge is 0.491 e. The first kappa shape index (κ1) is 19.4. The van der Waals surface area contributed by atoms with E-state index in [9.17, 15) is 5.11 Å². The van der Waals surface area contributed by atoms with Crippen LogP contribution in [-0.4, -0.2) is 47.3 Å². The summed E-state index contributed by atoms with van der Waals surface area (Å²) in [5, 5.41) is 11.7. The fourth-order valence-electron chi connectivity index (χ4n) is 3.83. The van der Waals surface area contributed by atoms with Crippen LogP contribution in [0.5, 0.6) is 5.75 Å². The maximum absolute atomic E-state index is 10.4. The van der Waals surface area contributed by atoms with Crippen molar-refractivity contribution < 1.29 is 9.84 Å². The number of nitrogens with zero attached hydrogens (tertiary/aromatic N) is 2. The third-order valence-corrected chi connectivity index (χ3v) is 6.69. The highest BCUT2D eigenvalue weighted by molar-refractivity contribution is 7.18. The lowest BCUT2D eigenvalue weighted by Crippen LogP contribution is -2.40. The number of fused-ring (bicyclic) bond motifs is 1. The molecule has 5 heteroatoms. The summed E-state index contributed by atoms with van der Waals surface area (Å²) >= 11 is 1.83. The number of aliphatic hydroxyl groups is 1. The van der Waals surface area contributed by atoms with Crippen molar-refractivity contribution in [2.75, 3.05) is 26.2 Å². The lowest BCUT2D eigenvalue weighted by Gasteiger charge is -2.32. The van der Waals surface area contributed by atoms with E-state index in [0.29, 0.717) is 19.1 Å². The number of piperidine rings is 1. The number of aromatic nitrogens is 1. The second-order valence-corrected chi connectivity index (χ2v) is 8.89. The molecule has 1 fully saturated rings. The van der Waals surface area contributed by atoms with E-state index in [0.717, 1.165) is 42.8 Å². The van der Waals surface area contributed by atoms with Gasteiger partial charge < -0.3 is 14.7 Å². The van der Waals surface area contributed by atoms with Gasteiger partial charge in [-0.3, -0.25) is 0 Å². The van der Waals surface area contributed by atoms with E-state index in [-0.39, 0.29) is 0 Å². The smallest absolute Gasteiger partial charge is 0.122 e. The Hall–Kier alpha value is -1.95. The van der Waals surface area contributed by atoms with Crippen LogP contribution in [0, 0.1) is 13.8 Å². The Morgan fingerprint density at radius 1 is 1.18 bits per heavy atom. The Morgan fingerprint density at radius 2 is 1.96 bits per heavy atom. The molecule has 1 saturated heterocycles. The number of β-amino-alcohol motifs (C(OH)–C–C–N with tert-alkyl or cyclic N) is 1. The predicted molar refractivity (Wildman–Crippen MR) is 115 cm³/mol. The van der Waals surface area contributed by atoms with Crippen LogP contribution in [0.25, 0.3) is 10.2 Å². The summed E-state index contributed by atoms with van der Waals surface area (Å²) in [6, 6.07) is 14.5. The van der Waals surface area contributed by atoms with Crippen molar-refractivity contribution in [2.45, 2.75) is 38.7 Å². The normalized spacial score (nSPS) is 17.1. The second-order valence-electron chi connectivity index (χ2n) is 7.83. The number of likely N-dealkylation sites (tertiary alicyclic amines) is 1. The zero-order valence-corrected chi connectivity index (χ0v) is 17.4. The third kappa shape index (κ3) is 4.54. The zero-order valence-electron chi connectivity index (χ0n) is 16.6. The summed E-state index contributed by atoms with van der Waals surface area (Å²) in [6.45, 7) is 7.09. The Labute approximate surface area is 170 Å². The monoisotopic (exact) mass is 396 g/mol. The number of ether oxygens (including phenoxy) is 1. The number of benzene rings is 2. The van der Waals surface area contributed by atoms with Gasteiger partial charge in [0.1, 0.15) is 18.5 Å². The average Bonchev–Trinajstić information content (AvgIpc) is 3.13. The molecule has 1 unspecified atom stereocenters. The van der Waals surface area contributed by atoms with Crippen molar-refractivity contribution in [3.8, 4) is 5.75 Å². The van der Waals surface area contributed by atoms with Gasteiger partial charge in [-0.25, -0.2) is 4.98 Å². The van der Waals surface area contributed by atoms with E-state index in [2.05, 4.69) is 48.2 Å². The van der Waals surface area contributed by atoms with Gasteiger partial charge in [-0.1, -0.05) is 24.3 Å². The molecule has 0 radical (unpaired) electrons. The van der Waals surface area contributed by atoms with Crippen LogP contribution in [0.15, 0.2) is 42.5 Å². The predicted octanol–water partition coefficient (Wildman–Crippen LogP) is 4.53. The van der Waals surface area contributed by atoms with Gasteiger partial charge in [0.2, 0.25) is 0 Å². The van der Waals surface area contributed by atoms with Gasteiger partial charge >= 0.3 is 0 Å². The van der Waals surface area contributed by atoms with Crippen LogP contribution in [0.3, 0.4) is 0 Å². The lowest BCUT2D eigenvalue weighted by atomic mass is 9.97. The van der Waals surface area contributed by atoms with Gasteiger partial charge in [-0.05, 0) is 69.1 Å². The van der Waals surface area contributed by atoms with Crippen LogP contribution >= 0.6 is 11.3 Å². The number of hydrogen-bond donors (Lipinski definition) is 1. The Kier molecular flexibility index (Phi) is 5.95. The highest BCUT2D eigenvalue weighted by atomic mass is 32.1. The summed E-state index contributed by atoms with van der Waals surface area (Å²) < 4.78 is 7.14. The van der Waals surface area contributed by atoms with Crippen LogP contribution in [-0.2, 0) is 0 Å². The molecule has 0 spiro atoms. The van der Waals surface area contributed by atoms with E-state index in [1.807, 2.05) is 24.3 Å². The summed E-state index contributed by atoms with van der Waals surface area (Å²) in [7, 11) is 0. The number of rotatable bonds is 6. The van der Waals surface area contributed by atoms with E-state index >= 15 is 0 Å². The fraction of sp³-hybridized carbons (Fsp3) is 0.435. The Balaban J connectivity index is 1.26. The molecule has 0 bridgehead atoms. The first-order valence-corrected chi connectivity index (χ1v) is 10.9. The van der Waals surface area contributed by atoms with Gasteiger partial charge in [0.05, 0.1) is 15.2 Å². The van der Waals surface area contributed by atoms with Crippen molar-refractivity contribution in [2.24, 2.45) is 0 Å². The molecular weight excluding hydrogens is 368 g/mol. The van der Waals surface area contributed by atoms with Gasteiger partial charge in [0.15, 0.2) is 0 Å². The van der Waals surface area contributed by atoms with Crippen molar-refractivity contribution >= 4 is 21.6 Å². The second kappa shape index (κ2) is 8.60. The van der Waals surface area contributed by atoms with Gasteiger partial charge in [0, 0.05) is 12.5 Å². The minimum absolute atomic E-state index is 0.335. The minimum atomic E-state index is -0.473. The van der Waals surface area contributed by atoms with Crippen molar-refractivity contribution in [1.29, 1.82) is 0 Å². The van der Waals surface area contributed by atoms with Gasteiger partial charge in [-0.2, -0.15) is 0 Å². The molecule has 4 nitrogen and oxygen atoms in total. The maximum atomic E-state index is 10.4. The Bertz CT molecular complexity index is 898. The maximum Gasteiger partial charge on any atom is 0.122 e. The van der Waals surface area contributed by atoms with Crippen molar-refractivity contribution in [3.63, 3.8) is 0 Å². The SMILES string of the molecule is Cc1ccc(C)c(OCC(O)CN2CCC(c3nc4ccccc4s3)CC2)c1. The van der Waals surface area contributed by atoms with E-state index in [4.69, 9.17) is 9.72 Å². The number of aryl methyl sites for hydroxylation is 2. The van der Waals surface area contributed by atoms with Gasteiger partial charge in [-0.15, -0.1) is 11.3 Å². The highest BCUT2D eigenvalue weighted by Crippen LogP contribution is 2.33. The summed E-state index contributed by atoms with van der Waals surface area (Å²) in [5.41, 5.74) is 3.39. The molecule has 2 heterocycles. The summed E-state index contributed by atoms with van der Waals surface area (Å²) in [6.07, 6.45) is 1.73. The van der Waals surface area contributed by atoms with Crippen molar-refractivity contribution in [3.05, 3.63) is 58.6 Å². The molecule has 4 rings (SSSR count). The highest BCUT2D eigenvalue weighted by Gasteiger charge is 2.24. The first-order valence-electron chi connectivity index (χ1n) is 10.0. The van der Waals surface area contributed by atoms with Crippen LogP contribution in [0.2, 0.25) is 0 Å². The molecule has 148 valence electrons. The standard InChI is InChI=1S/C23H28N2O2S/c1-16-7-8-17(2)21(13-16)27-15-19(26)14-25-11-9-18(10-12-25)23-24-20-5-3-4-6-22(20)28-23/h3-8,13,18-19,26H,9-12,14-15H2,1-2H3. The summed E-state index contributed by atoms with van der Waals surface area (Å²) in [5.74, 6) is 1.41.